The summed E-state index contributed by atoms with van der Waals surface area (Å²) < 4.78 is 0. The first-order chi connectivity index (χ1) is 4.79. The Morgan fingerprint density at radius 3 is 2.50 bits per heavy atom. The minimum atomic E-state index is 0.978. The average Bonchev–Trinajstić information content (AvgIpc) is 2.34. The lowest BCUT2D eigenvalue weighted by Gasteiger charge is -2.12. The Bertz CT molecular complexity index is 85.3. The Hall–Kier alpha value is -0.0800. The van der Waals surface area contributed by atoms with Gasteiger partial charge in [0.15, 0.2) is 0 Å². The molecule has 10 heavy (non-hydrogen) atoms. The van der Waals surface area contributed by atoms with Crippen LogP contribution in [0.3, 0.4) is 0 Å². The van der Waals surface area contributed by atoms with E-state index in [1.807, 2.05) is 7.05 Å². The van der Waals surface area contributed by atoms with Gasteiger partial charge in [-0.25, -0.2) is 0 Å². The predicted octanol–water partition coefficient (Wildman–Crippen LogP) is 1.37. The van der Waals surface area contributed by atoms with Gasteiger partial charge in [-0.1, -0.05) is 25.7 Å². The van der Waals surface area contributed by atoms with Gasteiger partial charge in [0.25, 0.3) is 0 Å². The highest BCUT2D eigenvalue weighted by atomic mass is 15.4. The maximum absolute atomic E-state index is 5.50. The highest BCUT2D eigenvalue weighted by Crippen LogP contribution is 2.27. The van der Waals surface area contributed by atoms with Crippen LogP contribution in [0.4, 0.5) is 0 Å². The number of hydrazine groups is 1. The molecular weight excluding hydrogens is 124 g/mol. The Balaban J connectivity index is 2.01. The molecule has 1 aliphatic rings. The Morgan fingerprint density at radius 2 is 2.00 bits per heavy atom. The van der Waals surface area contributed by atoms with Crippen LogP contribution in [-0.2, 0) is 0 Å². The fraction of sp³-hybridized carbons (Fsp3) is 1.00. The third-order valence-electron chi connectivity index (χ3n) is 2.36. The summed E-state index contributed by atoms with van der Waals surface area (Å²) >= 11 is 0. The quantitative estimate of drug-likeness (QED) is 0.476. The van der Waals surface area contributed by atoms with Gasteiger partial charge in [0.1, 0.15) is 0 Å². The van der Waals surface area contributed by atoms with E-state index in [-0.39, 0.29) is 0 Å². The minimum Gasteiger partial charge on any atom is -0.269 e. The van der Waals surface area contributed by atoms with E-state index in [0.717, 1.165) is 12.5 Å². The second-order valence-corrected chi connectivity index (χ2v) is 3.42. The van der Waals surface area contributed by atoms with Gasteiger partial charge in [-0.2, -0.15) is 0 Å². The predicted molar refractivity (Wildman–Crippen MR) is 43.4 cm³/mol. The molecule has 0 atom stereocenters. The van der Waals surface area contributed by atoms with E-state index >= 15 is 0 Å². The van der Waals surface area contributed by atoms with Crippen molar-refractivity contribution in [3.05, 3.63) is 0 Å². The molecule has 1 fully saturated rings. The van der Waals surface area contributed by atoms with Crippen molar-refractivity contribution < 1.29 is 0 Å². The molecule has 60 valence electrons. The lowest BCUT2D eigenvalue weighted by molar-refractivity contribution is 0.310. The van der Waals surface area contributed by atoms with Gasteiger partial charge in [0, 0.05) is 13.6 Å². The van der Waals surface area contributed by atoms with E-state index in [4.69, 9.17) is 5.84 Å². The highest BCUT2D eigenvalue weighted by Gasteiger charge is 2.14. The molecule has 0 spiro atoms. The van der Waals surface area contributed by atoms with Crippen LogP contribution in [-0.4, -0.2) is 18.6 Å². The van der Waals surface area contributed by atoms with Gasteiger partial charge in [-0.15, -0.1) is 0 Å². The highest BCUT2D eigenvalue weighted by molar-refractivity contribution is 4.67. The fourth-order valence-corrected chi connectivity index (χ4v) is 1.69. The zero-order chi connectivity index (χ0) is 7.40. The van der Waals surface area contributed by atoms with Crippen LogP contribution in [0.15, 0.2) is 0 Å². The van der Waals surface area contributed by atoms with Crippen LogP contribution < -0.4 is 5.84 Å². The molecule has 0 aromatic carbocycles. The first-order valence-corrected chi connectivity index (χ1v) is 4.25. The van der Waals surface area contributed by atoms with Crippen LogP contribution in [0.1, 0.15) is 32.1 Å². The molecule has 0 aliphatic heterocycles. The van der Waals surface area contributed by atoms with Gasteiger partial charge < -0.3 is 0 Å². The zero-order valence-corrected chi connectivity index (χ0v) is 6.84. The van der Waals surface area contributed by atoms with Crippen molar-refractivity contribution in [2.24, 2.45) is 11.8 Å². The molecule has 1 aliphatic carbocycles. The van der Waals surface area contributed by atoms with Gasteiger partial charge in [-0.05, 0) is 12.3 Å². The maximum Gasteiger partial charge on any atom is 0.0128 e. The van der Waals surface area contributed by atoms with E-state index < -0.39 is 0 Å². The fourth-order valence-electron chi connectivity index (χ4n) is 1.69. The molecule has 0 saturated heterocycles. The lowest BCUT2D eigenvalue weighted by atomic mass is 10.0. The van der Waals surface area contributed by atoms with Crippen LogP contribution in [0.5, 0.6) is 0 Å². The molecule has 0 bridgehead atoms. The number of hydrogen-bond donors (Lipinski definition) is 1. The molecular formula is C8H18N2. The van der Waals surface area contributed by atoms with Crippen LogP contribution >= 0.6 is 0 Å². The molecule has 2 N–H and O–H groups in total. The van der Waals surface area contributed by atoms with Crippen molar-refractivity contribution in [1.82, 2.24) is 5.01 Å². The second kappa shape index (κ2) is 3.94. The minimum absolute atomic E-state index is 0.978. The lowest BCUT2D eigenvalue weighted by Crippen LogP contribution is -2.27. The number of hydrogen-bond acceptors (Lipinski definition) is 2. The molecule has 0 radical (unpaired) electrons. The number of rotatable bonds is 3. The molecule has 2 nitrogen and oxygen atoms in total. The molecule has 0 aromatic rings. The van der Waals surface area contributed by atoms with E-state index in [1.165, 1.54) is 32.1 Å². The first-order valence-electron chi connectivity index (χ1n) is 4.25. The van der Waals surface area contributed by atoms with Crippen molar-refractivity contribution in [1.29, 1.82) is 0 Å². The van der Waals surface area contributed by atoms with E-state index in [0.29, 0.717) is 0 Å². The Kier molecular flexibility index (Phi) is 3.16. The number of nitrogens with zero attached hydrogens (tertiary/aromatic N) is 1. The molecule has 0 amide bonds. The van der Waals surface area contributed by atoms with Crippen LogP contribution in [0.25, 0.3) is 0 Å². The van der Waals surface area contributed by atoms with Crippen LogP contribution in [0, 0.1) is 5.92 Å². The van der Waals surface area contributed by atoms with Gasteiger partial charge in [-0.3, -0.25) is 10.9 Å². The average molecular weight is 142 g/mol. The van der Waals surface area contributed by atoms with Crippen molar-refractivity contribution in [3.63, 3.8) is 0 Å². The second-order valence-electron chi connectivity index (χ2n) is 3.42. The maximum atomic E-state index is 5.50. The van der Waals surface area contributed by atoms with Crippen molar-refractivity contribution in [2.75, 3.05) is 13.6 Å². The van der Waals surface area contributed by atoms with E-state index in [1.54, 1.807) is 5.01 Å². The normalized spacial score (nSPS) is 20.7. The topological polar surface area (TPSA) is 29.3 Å². The molecule has 2 heteroatoms. The summed E-state index contributed by atoms with van der Waals surface area (Å²) in [6, 6.07) is 0. The van der Waals surface area contributed by atoms with Crippen molar-refractivity contribution in [2.45, 2.75) is 32.1 Å². The molecule has 1 rings (SSSR count). The summed E-state index contributed by atoms with van der Waals surface area (Å²) in [5, 5.41) is 1.79. The van der Waals surface area contributed by atoms with Gasteiger partial charge in [0.05, 0.1) is 0 Å². The van der Waals surface area contributed by atoms with Crippen molar-refractivity contribution >= 4 is 0 Å². The summed E-state index contributed by atoms with van der Waals surface area (Å²) in [7, 11) is 1.94. The summed E-state index contributed by atoms with van der Waals surface area (Å²) in [6.45, 7) is 1.06. The molecule has 0 heterocycles. The Morgan fingerprint density at radius 1 is 1.40 bits per heavy atom. The SMILES string of the molecule is CN(N)CCC1CCCC1. The van der Waals surface area contributed by atoms with Gasteiger partial charge in [0.2, 0.25) is 0 Å². The third-order valence-corrected chi connectivity index (χ3v) is 2.36. The zero-order valence-electron chi connectivity index (χ0n) is 6.84. The monoisotopic (exact) mass is 142 g/mol. The molecule has 0 unspecified atom stereocenters. The molecule has 0 aromatic heterocycles. The number of nitrogens with two attached hydrogens (primary N) is 1. The molecule has 1 saturated carbocycles. The standard InChI is InChI=1S/C8H18N2/c1-10(9)7-6-8-4-2-3-5-8/h8H,2-7,9H2,1H3. The third kappa shape index (κ3) is 2.67. The summed E-state index contributed by atoms with van der Waals surface area (Å²) in [4.78, 5) is 0. The summed E-state index contributed by atoms with van der Waals surface area (Å²) in [6.07, 6.45) is 7.06. The summed E-state index contributed by atoms with van der Waals surface area (Å²) in [5.74, 6) is 6.48. The summed E-state index contributed by atoms with van der Waals surface area (Å²) in [5.41, 5.74) is 0. The van der Waals surface area contributed by atoms with Gasteiger partial charge >= 0.3 is 0 Å². The van der Waals surface area contributed by atoms with Crippen molar-refractivity contribution in [3.8, 4) is 0 Å². The van der Waals surface area contributed by atoms with E-state index in [9.17, 15) is 0 Å². The smallest absolute Gasteiger partial charge is 0.0128 e. The first kappa shape index (κ1) is 8.02. The Labute approximate surface area is 63.4 Å². The van der Waals surface area contributed by atoms with Crippen LogP contribution in [0.2, 0.25) is 0 Å². The largest absolute Gasteiger partial charge is 0.269 e. The van der Waals surface area contributed by atoms with E-state index in [2.05, 4.69) is 0 Å².